The van der Waals surface area contributed by atoms with Crippen molar-refractivity contribution in [1.29, 1.82) is 0 Å². The summed E-state index contributed by atoms with van der Waals surface area (Å²) in [6.07, 6.45) is -0.192. The van der Waals surface area contributed by atoms with Crippen LogP contribution in [0.3, 0.4) is 0 Å². The maximum Gasteiger partial charge on any atom is 0.104 e. The van der Waals surface area contributed by atoms with Gasteiger partial charge in [0, 0.05) is 0 Å². The second kappa shape index (κ2) is 7.63. The fourth-order valence-electron chi connectivity index (χ4n) is 1.51. The van der Waals surface area contributed by atoms with Gasteiger partial charge in [0.25, 0.3) is 0 Å². The third-order valence-corrected chi connectivity index (χ3v) is 3.24. The van der Waals surface area contributed by atoms with Crippen molar-refractivity contribution in [3.8, 4) is 0 Å². The third-order valence-electron chi connectivity index (χ3n) is 3.24. The van der Waals surface area contributed by atoms with Crippen LogP contribution in [0.1, 0.15) is 33.3 Å². The van der Waals surface area contributed by atoms with Crippen molar-refractivity contribution in [2.45, 2.75) is 46.5 Å². The van der Waals surface area contributed by atoms with E-state index >= 15 is 0 Å². The molecule has 0 spiro atoms. The van der Waals surface area contributed by atoms with E-state index in [9.17, 15) is 5.11 Å². The molecule has 0 aliphatic heterocycles. The van der Waals surface area contributed by atoms with E-state index in [4.69, 9.17) is 9.47 Å². The Kier molecular flexibility index (Phi) is 6.49. The van der Waals surface area contributed by atoms with Crippen molar-refractivity contribution < 1.29 is 14.6 Å². The number of rotatable bonds is 7. The molecule has 0 radical (unpaired) electrons. The van der Waals surface area contributed by atoms with Crippen LogP contribution in [0.5, 0.6) is 0 Å². The van der Waals surface area contributed by atoms with E-state index < -0.39 is 0 Å². The van der Waals surface area contributed by atoms with Crippen LogP contribution in [0.2, 0.25) is 0 Å². The molecule has 0 heterocycles. The Morgan fingerprint density at radius 1 is 1.16 bits per heavy atom. The number of aliphatic hydroxyl groups is 1. The van der Waals surface area contributed by atoms with E-state index in [1.807, 2.05) is 37.3 Å². The van der Waals surface area contributed by atoms with E-state index in [-0.39, 0.29) is 24.2 Å². The lowest BCUT2D eigenvalue weighted by molar-refractivity contribution is -0.106. The van der Waals surface area contributed by atoms with Crippen LogP contribution in [0.4, 0.5) is 0 Å². The van der Waals surface area contributed by atoms with E-state index in [1.54, 1.807) is 0 Å². The molecule has 108 valence electrons. The lowest BCUT2D eigenvalue weighted by Crippen LogP contribution is -2.34. The molecule has 1 aromatic carbocycles. The molecule has 0 aromatic heterocycles. The van der Waals surface area contributed by atoms with Gasteiger partial charge >= 0.3 is 0 Å². The highest BCUT2D eigenvalue weighted by atomic mass is 16.5. The highest BCUT2D eigenvalue weighted by Crippen LogP contribution is 2.22. The number of hydrogen-bond donors (Lipinski definition) is 1. The summed E-state index contributed by atoms with van der Waals surface area (Å²) in [5, 5.41) is 9.33. The number of aliphatic hydroxyl groups excluding tert-OH is 1. The zero-order valence-corrected chi connectivity index (χ0v) is 12.4. The van der Waals surface area contributed by atoms with Gasteiger partial charge in [0.1, 0.15) is 6.10 Å². The van der Waals surface area contributed by atoms with E-state index in [0.717, 1.165) is 5.56 Å². The molecule has 1 aromatic rings. The molecule has 1 N–H and O–H groups in total. The van der Waals surface area contributed by atoms with E-state index in [0.29, 0.717) is 13.2 Å². The molecular weight excluding hydrogens is 240 g/mol. The zero-order chi connectivity index (χ0) is 14.3. The maximum atomic E-state index is 9.33. The fraction of sp³-hybridized carbons (Fsp3) is 0.625. The van der Waals surface area contributed by atoms with Crippen molar-refractivity contribution in [3.63, 3.8) is 0 Å². The average Bonchev–Trinajstić information content (AvgIpc) is 2.37. The molecule has 0 aliphatic rings. The molecule has 3 nitrogen and oxygen atoms in total. The number of hydrogen-bond acceptors (Lipinski definition) is 3. The first kappa shape index (κ1) is 16.2. The summed E-state index contributed by atoms with van der Waals surface area (Å²) in [6.45, 7) is 9.33. The van der Waals surface area contributed by atoms with Crippen molar-refractivity contribution in [2.75, 3.05) is 13.2 Å². The van der Waals surface area contributed by atoms with Crippen LogP contribution < -0.4 is 0 Å². The molecule has 19 heavy (non-hydrogen) atoms. The summed E-state index contributed by atoms with van der Waals surface area (Å²) in [6, 6.07) is 9.99. The number of benzene rings is 1. The Bertz CT molecular complexity index is 343. The Balaban J connectivity index is 2.33. The summed E-state index contributed by atoms with van der Waals surface area (Å²) in [7, 11) is 0. The van der Waals surface area contributed by atoms with Crippen molar-refractivity contribution in [2.24, 2.45) is 5.41 Å². The summed E-state index contributed by atoms with van der Waals surface area (Å²) in [5.74, 6) is 0. The van der Waals surface area contributed by atoms with Crippen LogP contribution in [-0.4, -0.2) is 30.5 Å². The van der Waals surface area contributed by atoms with Gasteiger partial charge in [-0.15, -0.1) is 0 Å². The zero-order valence-electron chi connectivity index (χ0n) is 12.4. The standard InChI is InChI=1S/C16H26O3/c1-13(16(2,3)4)19-15(10-17)12-18-11-14-8-6-5-7-9-14/h5-9,13,15,17H,10-12H2,1-4H3. The molecule has 2 atom stereocenters. The highest BCUT2D eigenvalue weighted by Gasteiger charge is 2.24. The summed E-state index contributed by atoms with van der Waals surface area (Å²) >= 11 is 0. The predicted molar refractivity (Wildman–Crippen MR) is 77.0 cm³/mol. The molecule has 0 bridgehead atoms. The third kappa shape index (κ3) is 6.19. The van der Waals surface area contributed by atoms with E-state index in [1.165, 1.54) is 0 Å². The lowest BCUT2D eigenvalue weighted by Gasteiger charge is -2.30. The normalized spacial score (nSPS) is 15.2. The highest BCUT2D eigenvalue weighted by molar-refractivity contribution is 5.13. The monoisotopic (exact) mass is 266 g/mol. The van der Waals surface area contributed by atoms with E-state index in [2.05, 4.69) is 20.8 Å². The van der Waals surface area contributed by atoms with Gasteiger partial charge in [0.2, 0.25) is 0 Å². The number of ether oxygens (including phenoxy) is 2. The maximum absolute atomic E-state index is 9.33. The van der Waals surface area contributed by atoms with Crippen molar-refractivity contribution in [1.82, 2.24) is 0 Å². The first-order valence-electron chi connectivity index (χ1n) is 6.81. The molecular formula is C16H26O3. The molecule has 1 rings (SSSR count). The Hall–Kier alpha value is -0.900. The fourth-order valence-corrected chi connectivity index (χ4v) is 1.51. The molecule has 2 unspecified atom stereocenters. The average molecular weight is 266 g/mol. The van der Waals surface area contributed by atoms with Crippen molar-refractivity contribution in [3.05, 3.63) is 35.9 Å². The second-order valence-electron chi connectivity index (χ2n) is 5.95. The van der Waals surface area contributed by atoms with Crippen LogP contribution >= 0.6 is 0 Å². The van der Waals surface area contributed by atoms with Gasteiger partial charge in [0.15, 0.2) is 0 Å². The van der Waals surface area contributed by atoms with Gasteiger partial charge in [-0.25, -0.2) is 0 Å². The van der Waals surface area contributed by atoms with Crippen LogP contribution in [0.25, 0.3) is 0 Å². The van der Waals surface area contributed by atoms with Crippen molar-refractivity contribution >= 4 is 0 Å². The summed E-state index contributed by atoms with van der Waals surface area (Å²) in [4.78, 5) is 0. The Morgan fingerprint density at radius 2 is 1.79 bits per heavy atom. The first-order valence-corrected chi connectivity index (χ1v) is 6.81. The lowest BCUT2D eigenvalue weighted by atomic mass is 9.90. The topological polar surface area (TPSA) is 38.7 Å². The second-order valence-corrected chi connectivity index (χ2v) is 5.95. The van der Waals surface area contributed by atoms with Gasteiger partial charge < -0.3 is 14.6 Å². The quantitative estimate of drug-likeness (QED) is 0.824. The SMILES string of the molecule is CC(OC(CO)COCc1ccccc1)C(C)(C)C. The van der Waals surface area contributed by atoms with Gasteiger partial charge in [-0.05, 0) is 17.9 Å². The minimum absolute atomic E-state index is 0.0186. The van der Waals surface area contributed by atoms with Gasteiger partial charge in [0.05, 0.1) is 25.9 Å². The molecule has 0 saturated heterocycles. The van der Waals surface area contributed by atoms with Gasteiger partial charge in [-0.1, -0.05) is 51.1 Å². The minimum atomic E-state index is -0.266. The summed E-state index contributed by atoms with van der Waals surface area (Å²) < 4.78 is 11.4. The molecule has 0 fully saturated rings. The summed E-state index contributed by atoms with van der Waals surface area (Å²) in [5.41, 5.74) is 1.19. The van der Waals surface area contributed by atoms with Gasteiger partial charge in [-0.3, -0.25) is 0 Å². The molecule has 0 amide bonds. The van der Waals surface area contributed by atoms with Crippen LogP contribution in [0.15, 0.2) is 30.3 Å². The van der Waals surface area contributed by atoms with Crippen LogP contribution in [0, 0.1) is 5.41 Å². The molecule has 0 saturated carbocycles. The first-order chi connectivity index (χ1) is 8.93. The Morgan fingerprint density at radius 3 is 2.32 bits per heavy atom. The predicted octanol–water partition coefficient (Wildman–Crippen LogP) is 3.02. The molecule has 0 aliphatic carbocycles. The largest absolute Gasteiger partial charge is 0.394 e. The Labute approximate surface area is 116 Å². The molecule has 3 heteroatoms. The minimum Gasteiger partial charge on any atom is -0.394 e. The van der Waals surface area contributed by atoms with Gasteiger partial charge in [-0.2, -0.15) is 0 Å². The van der Waals surface area contributed by atoms with Crippen LogP contribution in [-0.2, 0) is 16.1 Å². The smallest absolute Gasteiger partial charge is 0.104 e.